The first kappa shape index (κ1) is 13.9. The maximum atomic E-state index is 5.71. The predicted molar refractivity (Wildman–Crippen MR) is 68.8 cm³/mol. The summed E-state index contributed by atoms with van der Waals surface area (Å²) in [6.07, 6.45) is 4.16. The summed E-state index contributed by atoms with van der Waals surface area (Å²) >= 11 is 0. The van der Waals surface area contributed by atoms with Crippen LogP contribution in [-0.4, -0.2) is 49.8 Å². The van der Waals surface area contributed by atoms with E-state index < -0.39 is 0 Å². The van der Waals surface area contributed by atoms with Crippen molar-refractivity contribution in [3.8, 4) is 0 Å². The lowest BCUT2D eigenvalue weighted by molar-refractivity contribution is 0.0590. The minimum Gasteiger partial charge on any atom is -0.377 e. The van der Waals surface area contributed by atoms with Crippen molar-refractivity contribution in [1.29, 1.82) is 0 Å². The molecule has 0 radical (unpaired) electrons. The van der Waals surface area contributed by atoms with Gasteiger partial charge in [-0.25, -0.2) is 0 Å². The van der Waals surface area contributed by atoms with E-state index in [1.165, 1.54) is 19.3 Å². The first-order chi connectivity index (χ1) is 7.67. The van der Waals surface area contributed by atoms with E-state index >= 15 is 0 Å². The second-order valence-electron chi connectivity index (χ2n) is 5.00. The molecule has 3 atom stereocenters. The molecule has 96 valence electrons. The zero-order valence-corrected chi connectivity index (χ0v) is 11.3. The minimum atomic E-state index is 0.479. The summed E-state index contributed by atoms with van der Waals surface area (Å²) < 4.78 is 5.71. The quantitative estimate of drug-likeness (QED) is 0.720. The van der Waals surface area contributed by atoms with Crippen LogP contribution in [0.2, 0.25) is 0 Å². The van der Waals surface area contributed by atoms with Gasteiger partial charge in [-0.2, -0.15) is 0 Å². The summed E-state index contributed by atoms with van der Waals surface area (Å²) in [6.45, 7) is 10.0. The van der Waals surface area contributed by atoms with Gasteiger partial charge in [0.15, 0.2) is 0 Å². The predicted octanol–water partition coefficient (Wildman–Crippen LogP) is 1.87. The van der Waals surface area contributed by atoms with Crippen molar-refractivity contribution in [2.75, 3.05) is 26.7 Å². The maximum Gasteiger partial charge on any atom is 0.0702 e. The summed E-state index contributed by atoms with van der Waals surface area (Å²) in [5.74, 6) is 0. The van der Waals surface area contributed by atoms with E-state index in [1.54, 1.807) is 0 Å². The molecule has 1 fully saturated rings. The Morgan fingerprint density at radius 2 is 2.19 bits per heavy atom. The molecule has 0 spiro atoms. The van der Waals surface area contributed by atoms with Gasteiger partial charge in [0.05, 0.1) is 6.10 Å². The van der Waals surface area contributed by atoms with Crippen LogP contribution in [0.1, 0.15) is 40.0 Å². The lowest BCUT2D eigenvalue weighted by Gasteiger charge is -2.31. The summed E-state index contributed by atoms with van der Waals surface area (Å²) in [4.78, 5) is 2.55. The fraction of sp³-hybridized carbons (Fsp3) is 1.00. The van der Waals surface area contributed by atoms with Crippen molar-refractivity contribution in [3.63, 3.8) is 0 Å². The van der Waals surface area contributed by atoms with Crippen LogP contribution < -0.4 is 5.32 Å². The normalized spacial score (nSPS) is 24.9. The highest BCUT2D eigenvalue weighted by molar-refractivity contribution is 4.76. The third kappa shape index (κ3) is 4.40. The van der Waals surface area contributed by atoms with E-state index in [9.17, 15) is 0 Å². The number of hydrogen-bond acceptors (Lipinski definition) is 3. The van der Waals surface area contributed by atoms with Gasteiger partial charge in [0.25, 0.3) is 0 Å². The Bertz CT molecular complexity index is 181. The van der Waals surface area contributed by atoms with Crippen molar-refractivity contribution in [2.45, 2.75) is 58.2 Å². The minimum absolute atomic E-state index is 0.479. The van der Waals surface area contributed by atoms with E-state index in [0.29, 0.717) is 18.2 Å². The van der Waals surface area contributed by atoms with E-state index in [4.69, 9.17) is 4.74 Å². The highest BCUT2D eigenvalue weighted by Crippen LogP contribution is 2.16. The van der Waals surface area contributed by atoms with Crippen molar-refractivity contribution >= 4 is 0 Å². The highest BCUT2D eigenvalue weighted by atomic mass is 16.5. The van der Waals surface area contributed by atoms with Crippen LogP contribution in [0.3, 0.4) is 0 Å². The molecule has 16 heavy (non-hydrogen) atoms. The Hall–Kier alpha value is -0.120. The van der Waals surface area contributed by atoms with Gasteiger partial charge in [-0.05, 0) is 46.7 Å². The molecular weight excluding hydrogens is 200 g/mol. The molecule has 1 N–H and O–H groups in total. The van der Waals surface area contributed by atoms with Crippen LogP contribution >= 0.6 is 0 Å². The SMILES string of the molecule is CCN(CC1CCCO1)C(C)CC(C)NC. The van der Waals surface area contributed by atoms with Crippen LogP contribution in [-0.2, 0) is 4.74 Å². The van der Waals surface area contributed by atoms with Gasteiger partial charge in [-0.15, -0.1) is 0 Å². The Morgan fingerprint density at radius 1 is 1.44 bits per heavy atom. The van der Waals surface area contributed by atoms with Crippen LogP contribution in [0.5, 0.6) is 0 Å². The van der Waals surface area contributed by atoms with Gasteiger partial charge in [0, 0.05) is 25.2 Å². The topological polar surface area (TPSA) is 24.5 Å². The smallest absolute Gasteiger partial charge is 0.0702 e. The van der Waals surface area contributed by atoms with E-state index in [1.807, 2.05) is 7.05 Å². The maximum absolute atomic E-state index is 5.71. The zero-order valence-electron chi connectivity index (χ0n) is 11.3. The molecule has 1 aliphatic rings. The van der Waals surface area contributed by atoms with E-state index in [-0.39, 0.29) is 0 Å². The fourth-order valence-corrected chi connectivity index (χ4v) is 2.45. The van der Waals surface area contributed by atoms with Crippen LogP contribution in [0.25, 0.3) is 0 Å². The number of likely N-dealkylation sites (N-methyl/N-ethyl adjacent to an activating group) is 1. The van der Waals surface area contributed by atoms with Gasteiger partial charge in [-0.3, -0.25) is 4.90 Å². The molecule has 1 saturated heterocycles. The van der Waals surface area contributed by atoms with Crippen LogP contribution in [0.15, 0.2) is 0 Å². The van der Waals surface area contributed by atoms with Gasteiger partial charge < -0.3 is 10.1 Å². The molecule has 0 aromatic rings. The summed E-state index contributed by atoms with van der Waals surface area (Å²) in [7, 11) is 2.04. The molecule has 0 aromatic heterocycles. The molecular formula is C13H28N2O. The Morgan fingerprint density at radius 3 is 2.69 bits per heavy atom. The number of hydrogen-bond donors (Lipinski definition) is 1. The van der Waals surface area contributed by atoms with Gasteiger partial charge in [0.2, 0.25) is 0 Å². The van der Waals surface area contributed by atoms with Crippen molar-refractivity contribution in [2.24, 2.45) is 0 Å². The van der Waals surface area contributed by atoms with Gasteiger partial charge in [0.1, 0.15) is 0 Å². The van der Waals surface area contributed by atoms with Crippen molar-refractivity contribution < 1.29 is 4.74 Å². The number of rotatable bonds is 7. The second kappa shape index (κ2) is 7.25. The first-order valence-corrected chi connectivity index (χ1v) is 6.70. The molecule has 3 heteroatoms. The zero-order chi connectivity index (χ0) is 12.0. The Balaban J connectivity index is 2.33. The molecule has 0 bridgehead atoms. The lowest BCUT2D eigenvalue weighted by Crippen LogP contribution is -2.41. The fourth-order valence-electron chi connectivity index (χ4n) is 2.45. The monoisotopic (exact) mass is 228 g/mol. The standard InChI is InChI=1S/C13H28N2O/c1-5-15(10-13-7-6-8-16-13)12(3)9-11(2)14-4/h11-14H,5-10H2,1-4H3. The molecule has 0 aliphatic carbocycles. The third-order valence-corrected chi connectivity index (χ3v) is 3.68. The molecule has 3 nitrogen and oxygen atoms in total. The van der Waals surface area contributed by atoms with Crippen molar-refractivity contribution in [1.82, 2.24) is 10.2 Å². The molecule has 0 saturated carbocycles. The second-order valence-corrected chi connectivity index (χ2v) is 5.00. The molecule has 1 aliphatic heterocycles. The molecule has 1 heterocycles. The summed E-state index contributed by atoms with van der Waals surface area (Å²) in [5.41, 5.74) is 0. The average Bonchev–Trinajstić information content (AvgIpc) is 2.78. The lowest BCUT2D eigenvalue weighted by atomic mass is 10.1. The molecule has 0 aromatic carbocycles. The largest absolute Gasteiger partial charge is 0.377 e. The number of nitrogens with one attached hydrogen (secondary N) is 1. The van der Waals surface area contributed by atoms with E-state index in [2.05, 4.69) is 31.0 Å². The van der Waals surface area contributed by atoms with Gasteiger partial charge in [-0.1, -0.05) is 6.92 Å². The van der Waals surface area contributed by atoms with Crippen molar-refractivity contribution in [3.05, 3.63) is 0 Å². The van der Waals surface area contributed by atoms with Crippen LogP contribution in [0.4, 0.5) is 0 Å². The molecule has 1 rings (SSSR count). The summed E-state index contributed by atoms with van der Waals surface area (Å²) in [5, 5.41) is 3.31. The number of ether oxygens (including phenoxy) is 1. The molecule has 0 amide bonds. The molecule has 3 unspecified atom stereocenters. The summed E-state index contributed by atoms with van der Waals surface area (Å²) in [6, 6.07) is 1.23. The Kier molecular flexibility index (Phi) is 6.32. The third-order valence-electron chi connectivity index (χ3n) is 3.68. The average molecular weight is 228 g/mol. The van der Waals surface area contributed by atoms with Crippen LogP contribution in [0, 0.1) is 0 Å². The van der Waals surface area contributed by atoms with E-state index in [0.717, 1.165) is 19.7 Å². The highest BCUT2D eigenvalue weighted by Gasteiger charge is 2.22. The first-order valence-electron chi connectivity index (χ1n) is 6.70. The number of nitrogens with zero attached hydrogens (tertiary/aromatic N) is 1. The Labute approximate surface area is 101 Å². The van der Waals surface area contributed by atoms with Gasteiger partial charge >= 0.3 is 0 Å².